The normalized spacial score (nSPS) is 13.6. The van der Waals surface area contributed by atoms with Crippen LogP contribution in [0.2, 0.25) is 0 Å². The fourth-order valence-electron chi connectivity index (χ4n) is 3.48. The Bertz CT molecular complexity index is 1330. The summed E-state index contributed by atoms with van der Waals surface area (Å²) < 4.78 is 31.1. The van der Waals surface area contributed by atoms with Gasteiger partial charge in [0.1, 0.15) is 0 Å². The van der Waals surface area contributed by atoms with E-state index in [2.05, 4.69) is 0 Å². The van der Waals surface area contributed by atoms with Crippen LogP contribution in [0.1, 0.15) is 31.8 Å². The van der Waals surface area contributed by atoms with Gasteiger partial charge < -0.3 is 9.64 Å². The lowest BCUT2D eigenvalue weighted by Gasteiger charge is -2.19. The van der Waals surface area contributed by atoms with E-state index in [1.165, 1.54) is 35.2 Å². The van der Waals surface area contributed by atoms with Crippen molar-refractivity contribution in [1.82, 2.24) is 4.90 Å². The number of amides is 1. The van der Waals surface area contributed by atoms with Crippen LogP contribution in [-0.2, 0) is 25.9 Å². The molecule has 0 saturated heterocycles. The van der Waals surface area contributed by atoms with Crippen molar-refractivity contribution in [2.24, 2.45) is 0 Å². The highest BCUT2D eigenvalue weighted by Crippen LogP contribution is 2.34. The quantitative estimate of drug-likeness (QED) is 0.435. The Morgan fingerprint density at radius 1 is 0.875 bits per heavy atom. The summed E-state index contributed by atoms with van der Waals surface area (Å²) in [6, 6.07) is 19.0. The maximum atomic E-state index is 13.0. The predicted molar refractivity (Wildman–Crippen MR) is 115 cm³/mol. The fraction of sp³-hybridized carbons (Fsp3) is 0.125. The predicted octanol–water partition coefficient (Wildman–Crippen LogP) is 2.88. The molecule has 1 amide bonds. The van der Waals surface area contributed by atoms with Gasteiger partial charge >= 0.3 is 5.97 Å². The van der Waals surface area contributed by atoms with Crippen LogP contribution in [0.3, 0.4) is 0 Å². The van der Waals surface area contributed by atoms with Gasteiger partial charge in [-0.05, 0) is 35.9 Å². The first-order valence-corrected chi connectivity index (χ1v) is 11.3. The van der Waals surface area contributed by atoms with Gasteiger partial charge in [0.25, 0.3) is 5.91 Å². The van der Waals surface area contributed by atoms with Crippen LogP contribution in [0.5, 0.6) is 0 Å². The first-order valence-electron chi connectivity index (χ1n) is 9.77. The van der Waals surface area contributed by atoms with Crippen molar-refractivity contribution in [2.75, 3.05) is 13.7 Å². The average molecular weight is 449 g/mol. The lowest BCUT2D eigenvalue weighted by Crippen LogP contribution is -2.30. The van der Waals surface area contributed by atoms with E-state index in [4.69, 9.17) is 4.74 Å². The first kappa shape index (κ1) is 21.5. The summed E-state index contributed by atoms with van der Waals surface area (Å²) in [5.41, 5.74) is 0.971. The Hall–Kier alpha value is -3.78. The van der Waals surface area contributed by atoms with E-state index in [0.29, 0.717) is 6.54 Å². The number of carbonyl (C=O) groups is 3. The smallest absolute Gasteiger partial charge is 0.338 e. The molecular weight excluding hydrogens is 430 g/mol. The van der Waals surface area contributed by atoms with Gasteiger partial charge in [0.15, 0.2) is 12.4 Å². The molecule has 3 aromatic carbocycles. The van der Waals surface area contributed by atoms with Crippen molar-refractivity contribution in [3.8, 4) is 0 Å². The summed E-state index contributed by atoms with van der Waals surface area (Å²) in [6.45, 7) is -0.135. The molecule has 0 aromatic heterocycles. The van der Waals surface area contributed by atoms with E-state index in [1.54, 1.807) is 13.1 Å². The van der Waals surface area contributed by atoms with Gasteiger partial charge in [-0.3, -0.25) is 9.59 Å². The molecule has 0 fully saturated rings. The van der Waals surface area contributed by atoms with E-state index in [-0.39, 0.29) is 26.5 Å². The standard InChI is InChI=1S/C24H19NO6S/c1-25(14-16-7-3-2-4-8-16)22(26)15-31-24(28)17-11-12-19-21(13-17)32(29,30)20-10-6-5-9-18(20)23(19)27/h2-13H,14-15H2,1H3. The molecule has 1 heterocycles. The zero-order chi connectivity index (χ0) is 22.9. The fourth-order valence-corrected chi connectivity index (χ4v) is 5.15. The Morgan fingerprint density at radius 3 is 2.28 bits per heavy atom. The SMILES string of the molecule is CN(Cc1ccccc1)C(=O)COC(=O)c1ccc2c(c1)S(=O)(=O)c1ccccc1C2=O. The molecule has 0 saturated carbocycles. The average Bonchev–Trinajstić information content (AvgIpc) is 2.81. The van der Waals surface area contributed by atoms with Crippen molar-refractivity contribution in [2.45, 2.75) is 16.3 Å². The number of ether oxygens (including phenoxy) is 1. The number of hydrogen-bond acceptors (Lipinski definition) is 6. The lowest BCUT2D eigenvalue weighted by molar-refractivity contribution is -0.133. The maximum Gasteiger partial charge on any atom is 0.338 e. The van der Waals surface area contributed by atoms with E-state index >= 15 is 0 Å². The number of sulfone groups is 1. The summed E-state index contributed by atoms with van der Waals surface area (Å²) in [5.74, 6) is -1.68. The van der Waals surface area contributed by atoms with E-state index in [1.807, 2.05) is 30.3 Å². The summed E-state index contributed by atoms with van der Waals surface area (Å²) in [6.07, 6.45) is 0. The number of rotatable bonds is 5. The minimum absolute atomic E-state index is 0.000999. The van der Waals surface area contributed by atoms with Gasteiger partial charge in [-0.25, -0.2) is 13.2 Å². The molecule has 3 aromatic rings. The van der Waals surface area contributed by atoms with Crippen molar-refractivity contribution in [3.63, 3.8) is 0 Å². The van der Waals surface area contributed by atoms with Crippen molar-refractivity contribution >= 4 is 27.5 Å². The van der Waals surface area contributed by atoms with Crippen LogP contribution in [-0.4, -0.2) is 44.6 Å². The molecule has 4 rings (SSSR count). The molecule has 162 valence electrons. The number of benzene rings is 3. The lowest BCUT2D eigenvalue weighted by atomic mass is 10.0. The second kappa shape index (κ2) is 8.39. The Kier molecular flexibility index (Phi) is 5.63. The number of hydrogen-bond donors (Lipinski definition) is 0. The number of likely N-dealkylation sites (N-methyl/N-ethyl adjacent to an activating group) is 1. The highest BCUT2D eigenvalue weighted by molar-refractivity contribution is 7.91. The molecule has 1 aliphatic rings. The number of fused-ring (bicyclic) bond motifs is 2. The first-order chi connectivity index (χ1) is 15.3. The van der Waals surface area contributed by atoms with Crippen molar-refractivity contribution in [3.05, 3.63) is 95.1 Å². The van der Waals surface area contributed by atoms with Gasteiger partial charge in [0.2, 0.25) is 9.84 Å². The second-order valence-electron chi connectivity index (χ2n) is 7.35. The summed E-state index contributed by atoms with van der Waals surface area (Å²) in [5, 5.41) is 0. The summed E-state index contributed by atoms with van der Waals surface area (Å²) in [7, 11) is -2.38. The van der Waals surface area contributed by atoms with E-state index in [0.717, 1.165) is 11.6 Å². The molecule has 0 N–H and O–H groups in total. The molecule has 0 radical (unpaired) electrons. The second-order valence-corrected chi connectivity index (χ2v) is 9.24. The highest BCUT2D eigenvalue weighted by atomic mass is 32.2. The zero-order valence-electron chi connectivity index (χ0n) is 17.1. The van der Waals surface area contributed by atoms with E-state index < -0.39 is 34.1 Å². The van der Waals surface area contributed by atoms with Gasteiger partial charge in [-0.15, -0.1) is 0 Å². The van der Waals surface area contributed by atoms with Crippen LogP contribution in [0, 0.1) is 0 Å². The number of ketones is 1. The molecule has 32 heavy (non-hydrogen) atoms. The number of esters is 1. The molecule has 8 heteroatoms. The molecule has 0 spiro atoms. The maximum absolute atomic E-state index is 13.0. The van der Waals surface area contributed by atoms with Gasteiger partial charge in [-0.2, -0.15) is 0 Å². The van der Waals surface area contributed by atoms with Crippen molar-refractivity contribution < 1.29 is 27.5 Å². The summed E-state index contributed by atoms with van der Waals surface area (Å²) >= 11 is 0. The number of nitrogens with zero attached hydrogens (tertiary/aromatic N) is 1. The highest BCUT2D eigenvalue weighted by Gasteiger charge is 2.35. The van der Waals surface area contributed by atoms with Crippen LogP contribution in [0.25, 0.3) is 0 Å². The molecule has 0 atom stereocenters. The van der Waals surface area contributed by atoms with Crippen LogP contribution in [0.4, 0.5) is 0 Å². The van der Waals surface area contributed by atoms with Crippen LogP contribution < -0.4 is 0 Å². The number of carbonyl (C=O) groups excluding carboxylic acids is 3. The molecule has 0 unspecified atom stereocenters. The minimum atomic E-state index is -3.97. The topological polar surface area (TPSA) is 97.8 Å². The molecule has 0 aliphatic carbocycles. The van der Waals surface area contributed by atoms with Gasteiger partial charge in [-0.1, -0.05) is 42.5 Å². The van der Waals surface area contributed by atoms with Crippen LogP contribution >= 0.6 is 0 Å². The molecular formula is C24H19NO6S. The Morgan fingerprint density at radius 2 is 1.53 bits per heavy atom. The van der Waals surface area contributed by atoms with E-state index in [9.17, 15) is 22.8 Å². The third-order valence-corrected chi connectivity index (χ3v) is 7.04. The molecule has 7 nitrogen and oxygen atoms in total. The van der Waals surface area contributed by atoms with Crippen LogP contribution in [0.15, 0.2) is 82.6 Å². The summed E-state index contributed by atoms with van der Waals surface area (Å²) in [4.78, 5) is 38.6. The molecule has 0 bridgehead atoms. The minimum Gasteiger partial charge on any atom is -0.452 e. The molecule has 1 aliphatic heterocycles. The zero-order valence-corrected chi connectivity index (χ0v) is 18.0. The third-order valence-electron chi connectivity index (χ3n) is 5.19. The Labute approximate surface area is 185 Å². The third kappa shape index (κ3) is 3.92. The monoisotopic (exact) mass is 449 g/mol. The largest absolute Gasteiger partial charge is 0.452 e. The van der Waals surface area contributed by atoms with Crippen molar-refractivity contribution in [1.29, 1.82) is 0 Å². The Balaban J connectivity index is 1.49. The van der Waals surface area contributed by atoms with Gasteiger partial charge in [0, 0.05) is 24.7 Å². The van der Waals surface area contributed by atoms with Gasteiger partial charge in [0.05, 0.1) is 15.4 Å².